The van der Waals surface area contributed by atoms with E-state index < -0.39 is 20.3 Å². The van der Waals surface area contributed by atoms with E-state index in [1.165, 1.54) is 0 Å². The van der Waals surface area contributed by atoms with E-state index in [2.05, 4.69) is 33.9 Å². The molecule has 0 amide bonds. The smallest absolute Gasteiger partial charge is 0.311 e. The van der Waals surface area contributed by atoms with Gasteiger partial charge in [0.2, 0.25) is 8.32 Å². The second kappa shape index (κ2) is 8.08. The SMILES string of the molecule is CCOC(=O)[C@H](C)[C@H](OO[Si](C)(C)C(C)(C)C)c1ccccc1. The molecule has 0 aromatic heterocycles. The summed E-state index contributed by atoms with van der Waals surface area (Å²) in [4.78, 5) is 17.9. The molecule has 0 N–H and O–H groups in total. The first kappa shape index (κ1) is 19.9. The van der Waals surface area contributed by atoms with Crippen LogP contribution in [0.1, 0.15) is 46.3 Å². The first-order chi connectivity index (χ1) is 10.6. The fourth-order valence-electron chi connectivity index (χ4n) is 1.76. The third-order valence-corrected chi connectivity index (χ3v) is 8.53. The first-order valence-corrected chi connectivity index (χ1v) is 11.1. The van der Waals surface area contributed by atoms with E-state index in [4.69, 9.17) is 14.2 Å². The average Bonchev–Trinajstić information content (AvgIpc) is 2.47. The van der Waals surface area contributed by atoms with Crippen molar-refractivity contribution < 1.29 is 19.0 Å². The molecule has 0 aliphatic heterocycles. The minimum absolute atomic E-state index is 0.0292. The summed E-state index contributed by atoms with van der Waals surface area (Å²) in [5.41, 5.74) is 0.909. The summed E-state index contributed by atoms with van der Waals surface area (Å²) in [7, 11) is -2.07. The Kier molecular flexibility index (Phi) is 6.98. The molecule has 4 nitrogen and oxygen atoms in total. The van der Waals surface area contributed by atoms with Crippen LogP contribution < -0.4 is 0 Å². The molecule has 130 valence electrons. The summed E-state index contributed by atoms with van der Waals surface area (Å²) in [6.07, 6.45) is -0.482. The van der Waals surface area contributed by atoms with Crippen LogP contribution in [0.15, 0.2) is 30.3 Å². The summed E-state index contributed by atoms with van der Waals surface area (Å²) < 4.78 is 11.0. The highest BCUT2D eigenvalue weighted by Gasteiger charge is 2.40. The Morgan fingerprint density at radius 2 is 1.74 bits per heavy atom. The molecule has 0 heterocycles. The van der Waals surface area contributed by atoms with E-state index in [1.807, 2.05) is 37.3 Å². The second-order valence-corrected chi connectivity index (χ2v) is 12.0. The van der Waals surface area contributed by atoms with Crippen molar-refractivity contribution in [2.75, 3.05) is 6.61 Å². The molecule has 0 fully saturated rings. The zero-order chi connectivity index (χ0) is 17.7. The Morgan fingerprint density at radius 3 is 2.22 bits per heavy atom. The number of hydrogen-bond acceptors (Lipinski definition) is 4. The van der Waals surface area contributed by atoms with Crippen molar-refractivity contribution in [1.82, 2.24) is 0 Å². The van der Waals surface area contributed by atoms with Crippen molar-refractivity contribution in [3.8, 4) is 0 Å². The van der Waals surface area contributed by atoms with E-state index >= 15 is 0 Å². The summed E-state index contributed by atoms with van der Waals surface area (Å²) in [5.74, 6) is -0.720. The van der Waals surface area contributed by atoms with E-state index in [1.54, 1.807) is 6.92 Å². The van der Waals surface area contributed by atoms with Gasteiger partial charge in [-0.15, -0.1) is 0 Å². The third kappa shape index (κ3) is 5.44. The molecule has 0 saturated heterocycles. The number of ether oxygens (including phenoxy) is 1. The molecule has 0 saturated carbocycles. The van der Waals surface area contributed by atoms with Gasteiger partial charge >= 0.3 is 5.97 Å². The number of carbonyl (C=O) groups is 1. The molecule has 0 aliphatic carbocycles. The van der Waals surface area contributed by atoms with Gasteiger partial charge in [0, 0.05) is 0 Å². The largest absolute Gasteiger partial charge is 0.466 e. The fourth-order valence-corrected chi connectivity index (χ4v) is 2.36. The summed E-state index contributed by atoms with van der Waals surface area (Å²) >= 11 is 0. The van der Waals surface area contributed by atoms with Crippen LogP contribution in [0, 0.1) is 5.92 Å². The molecule has 1 aromatic carbocycles. The summed E-state index contributed by atoms with van der Waals surface area (Å²) in [6, 6.07) is 9.67. The summed E-state index contributed by atoms with van der Waals surface area (Å²) in [6.45, 7) is 14.6. The molecule has 0 bridgehead atoms. The lowest BCUT2D eigenvalue weighted by Gasteiger charge is -2.36. The second-order valence-electron chi connectivity index (χ2n) is 7.31. The normalized spacial score (nSPS) is 15.1. The maximum Gasteiger partial charge on any atom is 0.311 e. The minimum atomic E-state index is -2.07. The zero-order valence-corrected chi connectivity index (χ0v) is 16.4. The maximum atomic E-state index is 12.1. The highest BCUT2D eigenvalue weighted by atomic mass is 28.4. The highest BCUT2D eigenvalue weighted by molar-refractivity contribution is 6.73. The lowest BCUT2D eigenvalue weighted by Crippen LogP contribution is -2.41. The van der Waals surface area contributed by atoms with Crippen molar-refractivity contribution in [3.05, 3.63) is 35.9 Å². The molecule has 0 spiro atoms. The Bertz CT molecular complexity index is 493. The predicted molar refractivity (Wildman–Crippen MR) is 94.3 cm³/mol. The van der Waals surface area contributed by atoms with Gasteiger partial charge in [0.05, 0.1) is 12.5 Å². The average molecular weight is 339 g/mol. The molecule has 1 aromatic rings. The van der Waals surface area contributed by atoms with E-state index in [-0.39, 0.29) is 11.0 Å². The van der Waals surface area contributed by atoms with Gasteiger partial charge in [0.25, 0.3) is 0 Å². The van der Waals surface area contributed by atoms with Crippen LogP contribution in [0.4, 0.5) is 0 Å². The molecule has 0 unspecified atom stereocenters. The first-order valence-electron chi connectivity index (χ1n) is 8.16. The molecule has 1 rings (SSSR count). The lowest BCUT2D eigenvalue weighted by molar-refractivity contribution is -0.273. The van der Waals surface area contributed by atoms with Crippen molar-refractivity contribution in [1.29, 1.82) is 0 Å². The molecule has 2 atom stereocenters. The van der Waals surface area contributed by atoms with Crippen molar-refractivity contribution >= 4 is 14.3 Å². The van der Waals surface area contributed by atoms with Crippen molar-refractivity contribution in [3.63, 3.8) is 0 Å². The number of rotatable bonds is 7. The van der Waals surface area contributed by atoms with Gasteiger partial charge < -0.3 is 4.74 Å². The lowest BCUT2D eigenvalue weighted by atomic mass is 9.97. The quantitative estimate of drug-likeness (QED) is 0.308. The van der Waals surface area contributed by atoms with Gasteiger partial charge in [0.1, 0.15) is 6.10 Å². The Balaban J connectivity index is 2.95. The maximum absolute atomic E-state index is 12.1. The van der Waals surface area contributed by atoms with Crippen LogP contribution in [-0.4, -0.2) is 20.9 Å². The van der Waals surface area contributed by atoms with Crippen LogP contribution in [0.3, 0.4) is 0 Å². The number of hydrogen-bond donors (Lipinski definition) is 0. The number of benzene rings is 1. The van der Waals surface area contributed by atoms with Crippen LogP contribution in [0.25, 0.3) is 0 Å². The molecule has 0 radical (unpaired) electrons. The molecule has 23 heavy (non-hydrogen) atoms. The van der Waals surface area contributed by atoms with E-state index in [9.17, 15) is 4.79 Å². The Hall–Kier alpha value is -1.17. The van der Waals surface area contributed by atoms with Crippen LogP contribution in [0.2, 0.25) is 18.1 Å². The zero-order valence-electron chi connectivity index (χ0n) is 15.4. The highest BCUT2D eigenvalue weighted by Crippen LogP contribution is 2.38. The Labute approximate surface area is 141 Å². The van der Waals surface area contributed by atoms with Gasteiger partial charge in [-0.2, -0.15) is 0 Å². The van der Waals surface area contributed by atoms with Gasteiger partial charge in [0.15, 0.2) is 0 Å². The molecular formula is C18H30O4Si. The van der Waals surface area contributed by atoms with Gasteiger partial charge in [-0.25, -0.2) is 4.89 Å². The third-order valence-electron chi connectivity index (χ3n) is 4.41. The van der Waals surface area contributed by atoms with Crippen LogP contribution in [-0.2, 0) is 19.0 Å². The molecule has 0 aliphatic rings. The van der Waals surface area contributed by atoms with Crippen molar-refractivity contribution in [2.24, 2.45) is 5.92 Å². The minimum Gasteiger partial charge on any atom is -0.466 e. The monoisotopic (exact) mass is 338 g/mol. The molecule has 5 heteroatoms. The molecular weight excluding hydrogens is 308 g/mol. The summed E-state index contributed by atoms with van der Waals surface area (Å²) in [5, 5.41) is 0.0292. The fraction of sp³-hybridized carbons (Fsp3) is 0.611. The topological polar surface area (TPSA) is 44.8 Å². The van der Waals surface area contributed by atoms with E-state index in [0.29, 0.717) is 6.61 Å². The van der Waals surface area contributed by atoms with Gasteiger partial charge in [-0.1, -0.05) is 51.1 Å². The van der Waals surface area contributed by atoms with Crippen LogP contribution >= 0.6 is 0 Å². The van der Waals surface area contributed by atoms with Gasteiger partial charge in [-0.05, 0) is 37.5 Å². The van der Waals surface area contributed by atoms with Crippen molar-refractivity contribution in [2.45, 2.75) is 58.9 Å². The number of carbonyl (C=O) groups excluding carboxylic acids is 1. The van der Waals surface area contributed by atoms with E-state index in [0.717, 1.165) is 5.56 Å². The number of esters is 1. The predicted octanol–water partition coefficient (Wildman–Crippen LogP) is 4.88. The standard InChI is InChI=1S/C18H30O4Si/c1-8-20-17(19)14(2)16(15-12-10-9-11-13-15)21-22-23(6,7)18(3,4)5/h9-14,16H,8H2,1-7H3/t14-,16+/m1/s1. The van der Waals surface area contributed by atoms with Gasteiger partial charge in [-0.3, -0.25) is 9.37 Å². The Morgan fingerprint density at radius 1 is 1.17 bits per heavy atom. The van der Waals surface area contributed by atoms with Crippen LogP contribution in [0.5, 0.6) is 0 Å².